The Hall–Kier alpha value is -0.570. The van der Waals surface area contributed by atoms with E-state index in [2.05, 4.69) is 0 Å². The SMILES string of the molecule is O=C(O)[C@H]1[C@H]2CC[C@@H]1[C@@H](O)C2. The molecule has 2 aliphatic carbocycles. The molecular weight excluding hydrogens is 144 g/mol. The third-order valence-electron chi connectivity index (χ3n) is 3.16. The maximum absolute atomic E-state index is 10.7. The second-order valence-corrected chi connectivity index (χ2v) is 3.67. The standard InChI is InChI=1S/C8H12O3/c9-6-3-4-1-2-5(6)7(4)8(10)11/h4-7,9H,1-3H2,(H,10,11)/t4-,5+,6-,7-/m0/s1. The summed E-state index contributed by atoms with van der Waals surface area (Å²) in [5, 5.41) is 18.2. The summed E-state index contributed by atoms with van der Waals surface area (Å²) < 4.78 is 0. The summed E-state index contributed by atoms with van der Waals surface area (Å²) in [6.45, 7) is 0. The van der Waals surface area contributed by atoms with Gasteiger partial charge in [0.1, 0.15) is 0 Å². The molecule has 11 heavy (non-hydrogen) atoms. The Bertz CT molecular complexity index is 190. The van der Waals surface area contributed by atoms with Crippen molar-refractivity contribution in [1.29, 1.82) is 0 Å². The number of carboxylic acid groups (broad SMARTS) is 1. The van der Waals surface area contributed by atoms with Crippen LogP contribution in [0.15, 0.2) is 0 Å². The van der Waals surface area contributed by atoms with Crippen LogP contribution in [-0.4, -0.2) is 22.3 Å². The van der Waals surface area contributed by atoms with E-state index in [1.807, 2.05) is 0 Å². The van der Waals surface area contributed by atoms with Crippen LogP contribution in [0.3, 0.4) is 0 Å². The van der Waals surface area contributed by atoms with Gasteiger partial charge in [0.2, 0.25) is 0 Å². The molecule has 2 fully saturated rings. The van der Waals surface area contributed by atoms with Gasteiger partial charge >= 0.3 is 5.97 Å². The van der Waals surface area contributed by atoms with Crippen LogP contribution in [0.1, 0.15) is 19.3 Å². The summed E-state index contributed by atoms with van der Waals surface area (Å²) in [6.07, 6.45) is 2.28. The van der Waals surface area contributed by atoms with E-state index in [4.69, 9.17) is 5.11 Å². The first kappa shape index (κ1) is 7.10. The fourth-order valence-corrected chi connectivity index (χ4v) is 2.68. The number of aliphatic carboxylic acids is 1. The van der Waals surface area contributed by atoms with Gasteiger partial charge in [-0.3, -0.25) is 4.79 Å². The highest BCUT2D eigenvalue weighted by molar-refractivity contribution is 5.71. The fraction of sp³-hybridized carbons (Fsp3) is 0.875. The van der Waals surface area contributed by atoms with Crippen molar-refractivity contribution in [3.8, 4) is 0 Å². The number of aliphatic hydroxyl groups excluding tert-OH is 1. The van der Waals surface area contributed by atoms with Gasteiger partial charge in [-0.15, -0.1) is 0 Å². The highest BCUT2D eigenvalue weighted by atomic mass is 16.4. The van der Waals surface area contributed by atoms with Gasteiger partial charge in [0, 0.05) is 0 Å². The van der Waals surface area contributed by atoms with E-state index in [-0.39, 0.29) is 23.9 Å². The quantitative estimate of drug-likeness (QED) is 0.580. The van der Waals surface area contributed by atoms with Crippen molar-refractivity contribution < 1.29 is 15.0 Å². The summed E-state index contributed by atoms with van der Waals surface area (Å²) in [5.74, 6) is -0.649. The van der Waals surface area contributed by atoms with Crippen LogP contribution in [0.5, 0.6) is 0 Å². The molecule has 0 aromatic carbocycles. The van der Waals surface area contributed by atoms with Crippen molar-refractivity contribution in [1.82, 2.24) is 0 Å². The van der Waals surface area contributed by atoms with Crippen LogP contribution >= 0.6 is 0 Å². The highest BCUT2D eigenvalue weighted by Gasteiger charge is 2.50. The molecule has 3 heteroatoms. The van der Waals surface area contributed by atoms with E-state index in [0.717, 1.165) is 12.8 Å². The van der Waals surface area contributed by atoms with Gasteiger partial charge in [-0.1, -0.05) is 0 Å². The number of carbonyl (C=O) groups is 1. The summed E-state index contributed by atoms with van der Waals surface area (Å²) in [5.41, 5.74) is 0. The summed E-state index contributed by atoms with van der Waals surface area (Å²) >= 11 is 0. The normalized spacial score (nSPS) is 48.1. The molecule has 0 radical (unpaired) electrons. The van der Waals surface area contributed by atoms with Gasteiger partial charge in [0.05, 0.1) is 12.0 Å². The van der Waals surface area contributed by atoms with Crippen molar-refractivity contribution in [2.45, 2.75) is 25.4 Å². The van der Waals surface area contributed by atoms with Crippen LogP contribution < -0.4 is 0 Å². The first-order valence-electron chi connectivity index (χ1n) is 4.11. The monoisotopic (exact) mass is 156 g/mol. The second kappa shape index (κ2) is 2.21. The molecule has 0 unspecified atom stereocenters. The molecule has 62 valence electrons. The molecule has 3 nitrogen and oxygen atoms in total. The number of rotatable bonds is 1. The summed E-state index contributed by atoms with van der Waals surface area (Å²) in [6, 6.07) is 0. The summed E-state index contributed by atoms with van der Waals surface area (Å²) in [7, 11) is 0. The predicted molar refractivity (Wildman–Crippen MR) is 38.0 cm³/mol. The molecule has 2 bridgehead atoms. The molecular formula is C8H12O3. The maximum atomic E-state index is 10.7. The number of aliphatic hydroxyl groups is 1. The molecule has 2 aliphatic rings. The van der Waals surface area contributed by atoms with Crippen molar-refractivity contribution in [2.75, 3.05) is 0 Å². The fourth-order valence-electron chi connectivity index (χ4n) is 2.68. The van der Waals surface area contributed by atoms with E-state index in [1.54, 1.807) is 0 Å². The zero-order chi connectivity index (χ0) is 8.01. The molecule has 0 spiro atoms. The Balaban J connectivity index is 2.19. The molecule has 0 aromatic rings. The minimum absolute atomic E-state index is 0.0532. The van der Waals surface area contributed by atoms with Crippen LogP contribution in [0.2, 0.25) is 0 Å². The number of carboxylic acids is 1. The van der Waals surface area contributed by atoms with Crippen LogP contribution in [0.4, 0.5) is 0 Å². The van der Waals surface area contributed by atoms with E-state index in [9.17, 15) is 9.90 Å². The van der Waals surface area contributed by atoms with Gasteiger partial charge in [0.15, 0.2) is 0 Å². The molecule has 0 aromatic heterocycles. The lowest BCUT2D eigenvalue weighted by Crippen LogP contribution is -2.22. The van der Waals surface area contributed by atoms with E-state index in [1.165, 1.54) is 0 Å². The van der Waals surface area contributed by atoms with Crippen LogP contribution in [-0.2, 0) is 4.79 Å². The van der Waals surface area contributed by atoms with Gasteiger partial charge in [0.25, 0.3) is 0 Å². The third kappa shape index (κ3) is 0.872. The highest BCUT2D eigenvalue weighted by Crippen LogP contribution is 2.49. The lowest BCUT2D eigenvalue weighted by Gasteiger charge is -2.14. The maximum Gasteiger partial charge on any atom is 0.307 e. The minimum atomic E-state index is -0.714. The van der Waals surface area contributed by atoms with Crippen LogP contribution in [0.25, 0.3) is 0 Å². The third-order valence-corrected chi connectivity index (χ3v) is 3.16. The van der Waals surface area contributed by atoms with Crippen LogP contribution in [0, 0.1) is 17.8 Å². The lowest BCUT2D eigenvalue weighted by molar-refractivity contribution is -0.143. The average Bonchev–Trinajstić information content (AvgIpc) is 2.41. The van der Waals surface area contributed by atoms with Gasteiger partial charge < -0.3 is 10.2 Å². The Morgan fingerprint density at radius 3 is 2.36 bits per heavy atom. The Morgan fingerprint density at radius 1 is 1.36 bits per heavy atom. The van der Waals surface area contributed by atoms with E-state index >= 15 is 0 Å². The molecule has 0 amide bonds. The molecule has 0 saturated heterocycles. The lowest BCUT2D eigenvalue weighted by atomic mass is 9.97. The van der Waals surface area contributed by atoms with E-state index in [0.29, 0.717) is 6.42 Å². The van der Waals surface area contributed by atoms with Crippen molar-refractivity contribution in [2.24, 2.45) is 17.8 Å². The van der Waals surface area contributed by atoms with Gasteiger partial charge in [-0.25, -0.2) is 0 Å². The number of hydrogen-bond donors (Lipinski definition) is 2. The molecule has 2 saturated carbocycles. The minimum Gasteiger partial charge on any atom is -0.481 e. The zero-order valence-electron chi connectivity index (χ0n) is 6.23. The first-order chi connectivity index (χ1) is 5.20. The van der Waals surface area contributed by atoms with Crippen molar-refractivity contribution >= 4 is 5.97 Å². The number of hydrogen-bond acceptors (Lipinski definition) is 2. The van der Waals surface area contributed by atoms with Gasteiger partial charge in [-0.05, 0) is 31.1 Å². The van der Waals surface area contributed by atoms with Gasteiger partial charge in [-0.2, -0.15) is 0 Å². The predicted octanol–water partition coefficient (Wildman–Crippen LogP) is 0.478. The second-order valence-electron chi connectivity index (χ2n) is 3.67. The first-order valence-corrected chi connectivity index (χ1v) is 4.11. The summed E-state index contributed by atoms with van der Waals surface area (Å²) in [4.78, 5) is 10.7. The molecule has 0 aliphatic heterocycles. The topological polar surface area (TPSA) is 57.5 Å². The van der Waals surface area contributed by atoms with Crippen molar-refractivity contribution in [3.05, 3.63) is 0 Å². The molecule has 4 atom stereocenters. The van der Waals surface area contributed by atoms with E-state index < -0.39 is 5.97 Å². The Kier molecular flexibility index (Phi) is 1.42. The van der Waals surface area contributed by atoms with Crippen molar-refractivity contribution in [3.63, 3.8) is 0 Å². The largest absolute Gasteiger partial charge is 0.481 e. The molecule has 2 rings (SSSR count). The Morgan fingerprint density at radius 2 is 2.09 bits per heavy atom. The molecule has 2 N–H and O–H groups in total. The smallest absolute Gasteiger partial charge is 0.307 e. The Labute approximate surface area is 65.0 Å². The molecule has 0 heterocycles. The zero-order valence-corrected chi connectivity index (χ0v) is 6.23. The average molecular weight is 156 g/mol. The number of fused-ring (bicyclic) bond motifs is 2.